The second-order valence-electron chi connectivity index (χ2n) is 9.16. The third-order valence-corrected chi connectivity index (χ3v) is 7.15. The molecule has 0 spiro atoms. The van der Waals surface area contributed by atoms with E-state index in [1.165, 1.54) is 63.4 Å². The summed E-state index contributed by atoms with van der Waals surface area (Å²) in [5.41, 5.74) is 1.85. The largest absolute Gasteiger partial charge is 0.493 e. The van der Waals surface area contributed by atoms with Crippen molar-refractivity contribution in [2.75, 3.05) is 37.7 Å². The van der Waals surface area contributed by atoms with Gasteiger partial charge in [0.2, 0.25) is 11.7 Å². The molecule has 4 rings (SSSR count). The van der Waals surface area contributed by atoms with Gasteiger partial charge in [-0.15, -0.1) is 11.8 Å². The number of benzene rings is 4. The van der Waals surface area contributed by atoms with Crippen molar-refractivity contribution < 1.29 is 33.0 Å². The van der Waals surface area contributed by atoms with Crippen molar-refractivity contribution in [2.24, 2.45) is 0 Å². The fourth-order valence-electron chi connectivity index (χ4n) is 4.01. The molecule has 0 radical (unpaired) electrons. The first-order valence-electron chi connectivity index (χ1n) is 13.3. The van der Waals surface area contributed by atoms with E-state index in [-0.39, 0.29) is 23.2 Å². The van der Waals surface area contributed by atoms with Crippen LogP contribution in [0.4, 0.5) is 15.8 Å². The highest BCUT2D eigenvalue weighted by Gasteiger charge is 2.18. The molecular weight excluding hydrogens is 585 g/mol. The Labute approximate surface area is 258 Å². The Hall–Kier alpha value is -5.29. The van der Waals surface area contributed by atoms with E-state index >= 15 is 0 Å². The molecule has 0 fully saturated rings. The number of anilines is 2. The molecule has 0 saturated carbocycles. The zero-order valence-corrected chi connectivity index (χ0v) is 25.0. The molecule has 0 aliphatic heterocycles. The van der Waals surface area contributed by atoms with Crippen LogP contribution in [0.15, 0.2) is 102 Å². The Morgan fingerprint density at radius 2 is 1.36 bits per heavy atom. The molecule has 0 heterocycles. The molecule has 44 heavy (non-hydrogen) atoms. The Balaban J connectivity index is 1.49. The minimum absolute atomic E-state index is 0.0240. The van der Waals surface area contributed by atoms with Crippen LogP contribution >= 0.6 is 11.8 Å². The van der Waals surface area contributed by atoms with Crippen LogP contribution in [0.5, 0.6) is 17.2 Å². The van der Waals surface area contributed by atoms with Gasteiger partial charge in [0, 0.05) is 21.8 Å². The number of carbonyl (C=O) groups is 3. The van der Waals surface area contributed by atoms with E-state index in [4.69, 9.17) is 14.2 Å². The average Bonchev–Trinajstić information content (AvgIpc) is 3.05. The summed E-state index contributed by atoms with van der Waals surface area (Å²) >= 11 is 1.30. The molecule has 4 aromatic rings. The Morgan fingerprint density at radius 3 is 1.95 bits per heavy atom. The van der Waals surface area contributed by atoms with Crippen LogP contribution in [-0.4, -0.2) is 44.8 Å². The Kier molecular flexibility index (Phi) is 11.0. The van der Waals surface area contributed by atoms with Gasteiger partial charge in [0.25, 0.3) is 11.8 Å². The van der Waals surface area contributed by atoms with Crippen LogP contribution < -0.4 is 30.2 Å². The molecule has 0 aromatic heterocycles. The van der Waals surface area contributed by atoms with Crippen LogP contribution in [0.1, 0.15) is 15.9 Å². The van der Waals surface area contributed by atoms with Crippen molar-refractivity contribution in [1.29, 1.82) is 0 Å². The second-order valence-corrected chi connectivity index (χ2v) is 10.2. The Bertz CT molecular complexity index is 1620. The lowest BCUT2D eigenvalue weighted by molar-refractivity contribution is -0.114. The maximum atomic E-state index is 13.4. The highest BCUT2D eigenvalue weighted by atomic mass is 32.2. The van der Waals surface area contributed by atoms with E-state index in [2.05, 4.69) is 16.0 Å². The van der Waals surface area contributed by atoms with Gasteiger partial charge in [-0.05, 0) is 84.4 Å². The van der Waals surface area contributed by atoms with E-state index in [0.29, 0.717) is 39.8 Å². The summed E-state index contributed by atoms with van der Waals surface area (Å²) in [5.74, 6) is -0.374. The molecule has 0 aliphatic rings. The number of hydrogen-bond donors (Lipinski definition) is 3. The van der Waals surface area contributed by atoms with Crippen LogP contribution in [0.3, 0.4) is 0 Å². The first-order valence-corrected chi connectivity index (χ1v) is 14.3. The van der Waals surface area contributed by atoms with Gasteiger partial charge in [-0.3, -0.25) is 14.4 Å². The van der Waals surface area contributed by atoms with E-state index < -0.39 is 11.8 Å². The summed E-state index contributed by atoms with van der Waals surface area (Å²) in [6, 6.07) is 24.2. The first kappa shape index (κ1) is 31.6. The predicted molar refractivity (Wildman–Crippen MR) is 169 cm³/mol. The maximum absolute atomic E-state index is 13.4. The average molecular weight is 616 g/mol. The monoisotopic (exact) mass is 615 g/mol. The summed E-state index contributed by atoms with van der Waals surface area (Å²) in [5, 5.41) is 8.21. The Morgan fingerprint density at radius 1 is 0.773 bits per heavy atom. The number of hydrogen-bond acceptors (Lipinski definition) is 7. The van der Waals surface area contributed by atoms with Crippen molar-refractivity contribution in [3.63, 3.8) is 0 Å². The molecule has 0 unspecified atom stereocenters. The molecule has 0 saturated heterocycles. The van der Waals surface area contributed by atoms with Gasteiger partial charge in [-0.1, -0.05) is 18.2 Å². The third-order valence-electron chi connectivity index (χ3n) is 6.14. The zero-order chi connectivity index (χ0) is 31.5. The molecular formula is C33H30FN3O6S. The molecule has 0 bridgehead atoms. The fourth-order valence-corrected chi connectivity index (χ4v) is 4.70. The smallest absolute Gasteiger partial charge is 0.272 e. The van der Waals surface area contributed by atoms with Gasteiger partial charge in [0.1, 0.15) is 11.5 Å². The molecule has 0 aliphatic carbocycles. The molecule has 0 atom stereocenters. The van der Waals surface area contributed by atoms with E-state index in [0.717, 1.165) is 4.90 Å². The lowest BCUT2D eigenvalue weighted by Crippen LogP contribution is -2.30. The van der Waals surface area contributed by atoms with E-state index in [9.17, 15) is 18.8 Å². The number of carbonyl (C=O) groups excluding carboxylic acids is 3. The van der Waals surface area contributed by atoms with Crippen LogP contribution in [-0.2, 0) is 9.59 Å². The second kappa shape index (κ2) is 15.3. The van der Waals surface area contributed by atoms with Gasteiger partial charge >= 0.3 is 0 Å². The quantitative estimate of drug-likeness (QED) is 0.132. The van der Waals surface area contributed by atoms with Crippen molar-refractivity contribution in [2.45, 2.75) is 4.90 Å². The summed E-state index contributed by atoms with van der Waals surface area (Å²) in [4.78, 5) is 39.5. The standard InChI is InChI=1S/C33H30FN3O6S/c1-41-28-18-21(19-29(42-2)31(28)43-3)17-27(37-32(39)22-7-5-4-6-8-22)33(40)36-25-13-15-26(16-14-25)44-20-30(38)35-24-11-9-23(34)10-12-24/h4-19H,20H2,1-3H3,(H,35,38)(H,36,40)(H,37,39)/b27-17-. The van der Waals surface area contributed by atoms with Gasteiger partial charge in [-0.25, -0.2) is 4.39 Å². The van der Waals surface area contributed by atoms with Crippen LogP contribution in [0, 0.1) is 5.82 Å². The summed E-state index contributed by atoms with van der Waals surface area (Å²) in [6.07, 6.45) is 1.50. The SMILES string of the molecule is COc1cc(/C=C(\NC(=O)c2ccccc2)C(=O)Nc2ccc(SCC(=O)Nc3ccc(F)cc3)cc2)cc(OC)c1OC. The van der Waals surface area contributed by atoms with Gasteiger partial charge in [0.05, 0.1) is 27.1 Å². The number of halogens is 1. The summed E-state index contributed by atoms with van der Waals surface area (Å²) in [7, 11) is 4.45. The van der Waals surface area contributed by atoms with Gasteiger partial charge < -0.3 is 30.2 Å². The predicted octanol–water partition coefficient (Wildman–Crippen LogP) is 5.99. The number of methoxy groups -OCH3 is 3. The highest BCUT2D eigenvalue weighted by molar-refractivity contribution is 8.00. The highest BCUT2D eigenvalue weighted by Crippen LogP contribution is 2.38. The summed E-state index contributed by atoms with van der Waals surface area (Å²) < 4.78 is 29.3. The number of nitrogens with one attached hydrogen (secondary N) is 3. The number of amides is 3. The van der Waals surface area contributed by atoms with E-state index in [1.807, 2.05) is 0 Å². The normalized spacial score (nSPS) is 10.9. The molecule has 11 heteroatoms. The zero-order valence-electron chi connectivity index (χ0n) is 24.2. The summed E-state index contributed by atoms with van der Waals surface area (Å²) in [6.45, 7) is 0. The number of rotatable bonds is 12. The lowest BCUT2D eigenvalue weighted by atomic mass is 10.1. The molecule has 4 aromatic carbocycles. The molecule has 3 N–H and O–H groups in total. The maximum Gasteiger partial charge on any atom is 0.272 e. The molecule has 226 valence electrons. The van der Waals surface area contributed by atoms with Crippen molar-refractivity contribution in [1.82, 2.24) is 5.32 Å². The number of ether oxygens (including phenoxy) is 3. The van der Waals surface area contributed by atoms with Gasteiger partial charge in [-0.2, -0.15) is 0 Å². The third kappa shape index (κ3) is 8.62. The van der Waals surface area contributed by atoms with Crippen LogP contribution in [0.25, 0.3) is 6.08 Å². The van der Waals surface area contributed by atoms with Crippen molar-refractivity contribution in [3.05, 3.63) is 114 Å². The van der Waals surface area contributed by atoms with Gasteiger partial charge in [0.15, 0.2) is 11.5 Å². The lowest BCUT2D eigenvalue weighted by Gasteiger charge is -2.15. The number of thioether (sulfide) groups is 1. The molecule has 9 nitrogen and oxygen atoms in total. The molecule has 3 amide bonds. The van der Waals surface area contributed by atoms with E-state index in [1.54, 1.807) is 66.7 Å². The minimum atomic E-state index is -0.567. The first-order chi connectivity index (χ1) is 21.3. The van der Waals surface area contributed by atoms with Crippen molar-refractivity contribution in [3.8, 4) is 17.2 Å². The van der Waals surface area contributed by atoms with Crippen molar-refractivity contribution >= 4 is 46.9 Å². The fraction of sp³-hybridized carbons (Fsp3) is 0.121. The minimum Gasteiger partial charge on any atom is -0.493 e. The van der Waals surface area contributed by atoms with Crippen LogP contribution in [0.2, 0.25) is 0 Å². The topological polar surface area (TPSA) is 115 Å².